The fourth-order valence-electron chi connectivity index (χ4n) is 1.00. The van der Waals surface area contributed by atoms with E-state index in [2.05, 4.69) is 4.90 Å². The number of likely N-dealkylation sites (N-methyl/N-ethyl adjacent to an activating group) is 1. The maximum Gasteiger partial charge on any atom is 0.103 e. The highest BCUT2D eigenvalue weighted by atomic mass is 32.1. The fraction of sp³-hybridized carbons (Fsp3) is 0.600. The molecule has 3 nitrogen and oxygen atoms in total. The molecule has 0 aliphatic heterocycles. The van der Waals surface area contributed by atoms with Gasteiger partial charge in [-0.25, -0.2) is 0 Å². The van der Waals surface area contributed by atoms with E-state index in [0.717, 1.165) is 12.1 Å². The van der Waals surface area contributed by atoms with E-state index in [1.165, 1.54) is 0 Å². The van der Waals surface area contributed by atoms with Crippen LogP contribution in [0.2, 0.25) is 0 Å². The van der Waals surface area contributed by atoms with Crippen molar-refractivity contribution in [3.05, 3.63) is 22.4 Å². The van der Waals surface area contributed by atoms with Crippen molar-refractivity contribution in [3.63, 3.8) is 0 Å². The van der Waals surface area contributed by atoms with Gasteiger partial charge in [0.05, 0.1) is 13.2 Å². The summed E-state index contributed by atoms with van der Waals surface area (Å²) in [6.07, 6.45) is -0.483. The first-order valence-corrected chi connectivity index (χ1v) is 5.57. The molecule has 1 aromatic heterocycles. The number of ether oxygens (including phenoxy) is 1. The largest absolute Gasteiger partial charge is 0.386 e. The van der Waals surface area contributed by atoms with E-state index in [1.54, 1.807) is 11.3 Å². The lowest BCUT2D eigenvalue weighted by molar-refractivity contribution is 0.0308. The fourth-order valence-corrected chi connectivity index (χ4v) is 1.71. The highest BCUT2D eigenvalue weighted by Gasteiger charge is 2.07. The van der Waals surface area contributed by atoms with Gasteiger partial charge in [-0.2, -0.15) is 11.3 Å². The Balaban J connectivity index is 2.13. The molecule has 4 heteroatoms. The van der Waals surface area contributed by atoms with E-state index in [1.807, 2.05) is 30.9 Å². The van der Waals surface area contributed by atoms with Crippen LogP contribution >= 0.6 is 11.3 Å². The monoisotopic (exact) mass is 215 g/mol. The third-order valence-corrected chi connectivity index (χ3v) is 2.59. The molecule has 0 amide bonds. The van der Waals surface area contributed by atoms with Gasteiger partial charge in [-0.3, -0.25) is 0 Å². The second kappa shape index (κ2) is 6.14. The highest BCUT2D eigenvalue weighted by molar-refractivity contribution is 7.07. The van der Waals surface area contributed by atoms with Crippen LogP contribution in [0.1, 0.15) is 11.7 Å². The van der Waals surface area contributed by atoms with Crippen LogP contribution in [0, 0.1) is 0 Å². The minimum Gasteiger partial charge on any atom is -0.386 e. The average molecular weight is 215 g/mol. The first-order valence-electron chi connectivity index (χ1n) is 4.63. The van der Waals surface area contributed by atoms with Gasteiger partial charge in [0.2, 0.25) is 0 Å². The topological polar surface area (TPSA) is 32.7 Å². The van der Waals surface area contributed by atoms with Gasteiger partial charge in [0.1, 0.15) is 6.10 Å². The Hall–Kier alpha value is -0.420. The zero-order chi connectivity index (χ0) is 10.4. The summed E-state index contributed by atoms with van der Waals surface area (Å²) in [7, 11) is 4.00. The van der Waals surface area contributed by atoms with E-state index >= 15 is 0 Å². The standard InChI is InChI=1S/C10H17NO2S/c1-11(2)4-5-13-7-10(12)9-3-6-14-8-9/h3,6,8,10,12H,4-5,7H2,1-2H3. The lowest BCUT2D eigenvalue weighted by atomic mass is 10.2. The van der Waals surface area contributed by atoms with Crippen LogP contribution in [0.3, 0.4) is 0 Å². The number of aliphatic hydroxyl groups is 1. The van der Waals surface area contributed by atoms with Crippen LogP contribution in [0.15, 0.2) is 16.8 Å². The number of rotatable bonds is 6. The van der Waals surface area contributed by atoms with Crippen molar-refractivity contribution in [1.82, 2.24) is 4.90 Å². The third-order valence-electron chi connectivity index (χ3n) is 1.89. The molecule has 0 radical (unpaired) electrons. The smallest absolute Gasteiger partial charge is 0.103 e. The summed E-state index contributed by atoms with van der Waals surface area (Å²) >= 11 is 1.59. The van der Waals surface area contributed by atoms with E-state index < -0.39 is 6.10 Å². The highest BCUT2D eigenvalue weighted by Crippen LogP contribution is 2.15. The molecule has 0 aliphatic rings. The minimum absolute atomic E-state index is 0.380. The van der Waals surface area contributed by atoms with Gasteiger partial charge in [0.25, 0.3) is 0 Å². The second-order valence-corrected chi connectivity index (χ2v) is 4.23. The van der Waals surface area contributed by atoms with Crippen molar-refractivity contribution in [2.45, 2.75) is 6.10 Å². The number of aliphatic hydroxyl groups excluding tert-OH is 1. The molecule has 0 aliphatic carbocycles. The molecule has 1 atom stereocenters. The minimum atomic E-state index is -0.483. The van der Waals surface area contributed by atoms with Crippen LogP contribution < -0.4 is 0 Å². The molecule has 1 N–H and O–H groups in total. The van der Waals surface area contributed by atoms with Gasteiger partial charge >= 0.3 is 0 Å². The van der Waals surface area contributed by atoms with Gasteiger partial charge in [0.15, 0.2) is 0 Å². The Morgan fingerprint density at radius 1 is 1.57 bits per heavy atom. The molecule has 0 spiro atoms. The predicted octanol–water partition coefficient (Wildman–Crippen LogP) is 1.36. The lowest BCUT2D eigenvalue weighted by Crippen LogP contribution is -2.19. The quantitative estimate of drug-likeness (QED) is 0.727. The van der Waals surface area contributed by atoms with Crippen molar-refractivity contribution in [1.29, 1.82) is 0 Å². The molecule has 0 saturated heterocycles. The molecule has 1 rings (SSSR count). The Morgan fingerprint density at radius 2 is 2.36 bits per heavy atom. The van der Waals surface area contributed by atoms with Crippen molar-refractivity contribution in [2.24, 2.45) is 0 Å². The number of hydrogen-bond acceptors (Lipinski definition) is 4. The molecule has 1 heterocycles. The maximum absolute atomic E-state index is 9.64. The first kappa shape index (κ1) is 11.7. The molecule has 80 valence electrons. The number of thiophene rings is 1. The molecule has 0 bridgehead atoms. The van der Waals surface area contributed by atoms with Crippen LogP contribution in [-0.2, 0) is 4.74 Å². The molecule has 1 aromatic rings. The summed E-state index contributed by atoms with van der Waals surface area (Å²) in [4.78, 5) is 2.05. The van der Waals surface area contributed by atoms with Crippen molar-refractivity contribution >= 4 is 11.3 Å². The normalized spacial score (nSPS) is 13.4. The SMILES string of the molecule is CN(C)CCOCC(O)c1ccsc1. The Morgan fingerprint density at radius 3 is 2.93 bits per heavy atom. The summed E-state index contributed by atoms with van der Waals surface area (Å²) in [6, 6.07) is 1.92. The summed E-state index contributed by atoms with van der Waals surface area (Å²) in [6.45, 7) is 1.93. The van der Waals surface area contributed by atoms with Crippen LogP contribution in [-0.4, -0.2) is 43.9 Å². The molecular formula is C10H17NO2S. The number of hydrogen-bond donors (Lipinski definition) is 1. The Bertz CT molecular complexity index is 236. The lowest BCUT2D eigenvalue weighted by Gasteiger charge is -2.12. The molecule has 0 aromatic carbocycles. The van der Waals surface area contributed by atoms with Gasteiger partial charge in [-0.15, -0.1) is 0 Å². The molecule has 14 heavy (non-hydrogen) atoms. The van der Waals surface area contributed by atoms with E-state index in [0.29, 0.717) is 13.2 Å². The van der Waals surface area contributed by atoms with Crippen molar-refractivity contribution in [2.75, 3.05) is 33.9 Å². The van der Waals surface area contributed by atoms with Gasteiger partial charge in [-0.1, -0.05) is 0 Å². The van der Waals surface area contributed by atoms with Crippen LogP contribution in [0.25, 0.3) is 0 Å². The maximum atomic E-state index is 9.64. The summed E-state index contributed by atoms with van der Waals surface area (Å²) in [5.41, 5.74) is 0.944. The van der Waals surface area contributed by atoms with Crippen LogP contribution in [0.4, 0.5) is 0 Å². The van der Waals surface area contributed by atoms with Crippen molar-refractivity contribution in [3.8, 4) is 0 Å². The molecular weight excluding hydrogens is 198 g/mol. The van der Waals surface area contributed by atoms with Crippen LogP contribution in [0.5, 0.6) is 0 Å². The van der Waals surface area contributed by atoms with Gasteiger partial charge < -0.3 is 14.7 Å². The second-order valence-electron chi connectivity index (χ2n) is 3.45. The summed E-state index contributed by atoms with van der Waals surface area (Å²) in [5, 5.41) is 13.5. The van der Waals surface area contributed by atoms with E-state index in [4.69, 9.17) is 4.74 Å². The van der Waals surface area contributed by atoms with Gasteiger partial charge in [-0.05, 0) is 36.5 Å². The zero-order valence-corrected chi connectivity index (χ0v) is 9.46. The number of nitrogens with zero attached hydrogens (tertiary/aromatic N) is 1. The molecule has 1 unspecified atom stereocenters. The van der Waals surface area contributed by atoms with E-state index in [-0.39, 0.29) is 0 Å². The molecule has 0 fully saturated rings. The Labute approximate surface area is 88.9 Å². The van der Waals surface area contributed by atoms with Gasteiger partial charge in [0, 0.05) is 6.54 Å². The van der Waals surface area contributed by atoms with Crippen molar-refractivity contribution < 1.29 is 9.84 Å². The third kappa shape index (κ3) is 4.19. The predicted molar refractivity (Wildman–Crippen MR) is 58.7 cm³/mol. The molecule has 0 saturated carbocycles. The first-order chi connectivity index (χ1) is 6.70. The average Bonchev–Trinajstić information content (AvgIpc) is 2.64. The summed E-state index contributed by atoms with van der Waals surface area (Å²) < 4.78 is 5.34. The zero-order valence-electron chi connectivity index (χ0n) is 8.64. The van der Waals surface area contributed by atoms with E-state index in [9.17, 15) is 5.11 Å². The summed E-state index contributed by atoms with van der Waals surface area (Å²) in [5.74, 6) is 0. The Kier molecular flexibility index (Phi) is 5.11.